The second kappa shape index (κ2) is 9.78. The van der Waals surface area contributed by atoms with E-state index in [1.54, 1.807) is 18.2 Å². The van der Waals surface area contributed by atoms with Gasteiger partial charge in [0.05, 0.1) is 13.1 Å². The molecule has 0 aromatic heterocycles. The molecular formula is C21H31N3O4. The zero-order chi connectivity index (χ0) is 19.9. The second-order valence-electron chi connectivity index (χ2n) is 7.65. The third-order valence-electron chi connectivity index (χ3n) is 5.47. The summed E-state index contributed by atoms with van der Waals surface area (Å²) < 4.78 is 11.0. The van der Waals surface area contributed by atoms with E-state index < -0.39 is 0 Å². The van der Waals surface area contributed by atoms with Gasteiger partial charge in [-0.05, 0) is 37.4 Å². The first-order chi connectivity index (χ1) is 13.5. The highest BCUT2D eigenvalue weighted by Crippen LogP contribution is 2.32. The number of rotatable bonds is 7. The van der Waals surface area contributed by atoms with Crippen molar-refractivity contribution in [2.24, 2.45) is 5.92 Å². The summed E-state index contributed by atoms with van der Waals surface area (Å²) in [6, 6.07) is 5.60. The molecule has 1 heterocycles. The van der Waals surface area contributed by atoms with Gasteiger partial charge >= 0.3 is 0 Å². The van der Waals surface area contributed by atoms with Crippen LogP contribution in [0.4, 0.5) is 5.69 Å². The predicted octanol–water partition coefficient (Wildman–Crippen LogP) is 2.41. The van der Waals surface area contributed by atoms with Gasteiger partial charge in [0.2, 0.25) is 11.8 Å². The van der Waals surface area contributed by atoms with Gasteiger partial charge in [0.1, 0.15) is 13.2 Å². The van der Waals surface area contributed by atoms with Crippen LogP contribution in [-0.4, -0.2) is 55.6 Å². The second-order valence-corrected chi connectivity index (χ2v) is 7.65. The summed E-state index contributed by atoms with van der Waals surface area (Å²) >= 11 is 0. The number of benzene rings is 1. The molecule has 1 aliphatic carbocycles. The molecule has 2 aliphatic rings. The Morgan fingerprint density at radius 1 is 1.07 bits per heavy atom. The van der Waals surface area contributed by atoms with Crippen molar-refractivity contribution < 1.29 is 19.1 Å². The molecule has 0 unspecified atom stereocenters. The highest BCUT2D eigenvalue weighted by molar-refractivity contribution is 5.93. The number of carbonyl (C=O) groups excluding carboxylic acids is 2. The Hall–Kier alpha value is -2.28. The summed E-state index contributed by atoms with van der Waals surface area (Å²) in [6.07, 6.45) is 4.63. The molecular weight excluding hydrogens is 358 g/mol. The van der Waals surface area contributed by atoms with E-state index in [1.807, 2.05) is 11.8 Å². The molecule has 1 fully saturated rings. The maximum Gasteiger partial charge on any atom is 0.238 e. The van der Waals surface area contributed by atoms with E-state index in [9.17, 15) is 9.59 Å². The smallest absolute Gasteiger partial charge is 0.238 e. The lowest BCUT2D eigenvalue weighted by atomic mass is 9.86. The van der Waals surface area contributed by atoms with Crippen molar-refractivity contribution in [2.75, 3.05) is 38.2 Å². The summed E-state index contributed by atoms with van der Waals surface area (Å²) in [6.45, 7) is 6.21. The Balaban J connectivity index is 1.48. The SMILES string of the molecule is CCN(CC(=O)Nc1ccc2c(c1)OCCO2)CC(=O)N[C@@H]1CCCC[C@@H]1C. The Kier molecular flexibility index (Phi) is 7.14. The van der Waals surface area contributed by atoms with Gasteiger partial charge in [-0.15, -0.1) is 0 Å². The van der Waals surface area contributed by atoms with Crippen LogP contribution in [-0.2, 0) is 9.59 Å². The van der Waals surface area contributed by atoms with E-state index in [2.05, 4.69) is 17.6 Å². The monoisotopic (exact) mass is 389 g/mol. The lowest BCUT2D eigenvalue weighted by Gasteiger charge is -2.30. The lowest BCUT2D eigenvalue weighted by molar-refractivity contribution is -0.124. The number of ether oxygens (including phenoxy) is 2. The van der Waals surface area contributed by atoms with Crippen LogP contribution in [0.5, 0.6) is 11.5 Å². The summed E-state index contributed by atoms with van der Waals surface area (Å²) in [5, 5.41) is 6.02. The van der Waals surface area contributed by atoms with Crippen LogP contribution in [0.25, 0.3) is 0 Å². The third kappa shape index (κ3) is 5.61. The van der Waals surface area contributed by atoms with E-state index >= 15 is 0 Å². The molecule has 0 bridgehead atoms. The maximum atomic E-state index is 12.4. The van der Waals surface area contributed by atoms with Gasteiger partial charge in [-0.25, -0.2) is 0 Å². The quantitative estimate of drug-likeness (QED) is 0.749. The molecule has 1 aliphatic heterocycles. The van der Waals surface area contributed by atoms with Crippen molar-refractivity contribution in [3.8, 4) is 11.5 Å². The zero-order valence-corrected chi connectivity index (χ0v) is 16.8. The number of nitrogens with zero attached hydrogens (tertiary/aromatic N) is 1. The highest BCUT2D eigenvalue weighted by atomic mass is 16.6. The van der Waals surface area contributed by atoms with Crippen LogP contribution in [0.2, 0.25) is 0 Å². The molecule has 2 amide bonds. The molecule has 1 saturated carbocycles. The Labute approximate surface area is 166 Å². The van der Waals surface area contributed by atoms with Crippen LogP contribution in [0.1, 0.15) is 39.5 Å². The molecule has 154 valence electrons. The number of likely N-dealkylation sites (N-methyl/N-ethyl adjacent to an activating group) is 1. The van der Waals surface area contributed by atoms with Crippen molar-refractivity contribution in [3.05, 3.63) is 18.2 Å². The lowest BCUT2D eigenvalue weighted by Crippen LogP contribution is -2.47. The van der Waals surface area contributed by atoms with Gasteiger partial charge in [-0.3, -0.25) is 14.5 Å². The van der Waals surface area contributed by atoms with E-state index in [1.165, 1.54) is 19.3 Å². The molecule has 1 aromatic carbocycles. The number of carbonyl (C=O) groups is 2. The average Bonchev–Trinajstić information content (AvgIpc) is 2.69. The van der Waals surface area contributed by atoms with Crippen molar-refractivity contribution in [3.63, 3.8) is 0 Å². The number of hydrogen-bond acceptors (Lipinski definition) is 5. The molecule has 7 nitrogen and oxygen atoms in total. The van der Waals surface area contributed by atoms with Gasteiger partial charge in [-0.1, -0.05) is 26.7 Å². The van der Waals surface area contributed by atoms with Crippen LogP contribution < -0.4 is 20.1 Å². The largest absolute Gasteiger partial charge is 0.486 e. The zero-order valence-electron chi connectivity index (χ0n) is 16.8. The van der Waals surface area contributed by atoms with E-state index in [0.717, 1.165) is 6.42 Å². The molecule has 7 heteroatoms. The van der Waals surface area contributed by atoms with Crippen LogP contribution in [0.3, 0.4) is 0 Å². The molecule has 28 heavy (non-hydrogen) atoms. The maximum absolute atomic E-state index is 12.4. The molecule has 1 aromatic rings. The van der Waals surface area contributed by atoms with Crippen LogP contribution in [0.15, 0.2) is 18.2 Å². The first-order valence-electron chi connectivity index (χ1n) is 10.3. The molecule has 2 N–H and O–H groups in total. The van der Waals surface area contributed by atoms with Gasteiger partial charge < -0.3 is 20.1 Å². The summed E-state index contributed by atoms with van der Waals surface area (Å²) in [5.41, 5.74) is 0.658. The number of anilines is 1. The summed E-state index contributed by atoms with van der Waals surface area (Å²) in [4.78, 5) is 26.7. The molecule has 3 rings (SSSR count). The van der Waals surface area contributed by atoms with Crippen molar-refractivity contribution >= 4 is 17.5 Å². The number of nitrogens with one attached hydrogen (secondary N) is 2. The van der Waals surface area contributed by atoms with Crippen molar-refractivity contribution in [1.82, 2.24) is 10.2 Å². The summed E-state index contributed by atoms with van der Waals surface area (Å²) in [7, 11) is 0. The fourth-order valence-electron chi connectivity index (χ4n) is 3.79. The van der Waals surface area contributed by atoms with Gasteiger partial charge in [0.15, 0.2) is 11.5 Å². The molecule has 0 radical (unpaired) electrons. The van der Waals surface area contributed by atoms with Gasteiger partial charge in [0, 0.05) is 17.8 Å². The van der Waals surface area contributed by atoms with Gasteiger partial charge in [-0.2, -0.15) is 0 Å². The van der Waals surface area contributed by atoms with E-state index in [4.69, 9.17) is 9.47 Å². The topological polar surface area (TPSA) is 79.9 Å². The standard InChI is InChI=1S/C21H31N3O4/c1-3-24(14-21(26)23-17-7-5-4-6-15(17)2)13-20(25)22-16-8-9-18-19(12-16)28-11-10-27-18/h8-9,12,15,17H,3-7,10-11,13-14H2,1-2H3,(H,22,25)(H,23,26)/t15-,17+/m0/s1. The Bertz CT molecular complexity index is 694. The fraction of sp³-hybridized carbons (Fsp3) is 0.619. The molecule has 0 spiro atoms. The molecule has 2 atom stereocenters. The third-order valence-corrected chi connectivity index (χ3v) is 5.47. The Morgan fingerprint density at radius 2 is 1.79 bits per heavy atom. The Morgan fingerprint density at radius 3 is 2.54 bits per heavy atom. The summed E-state index contributed by atoms with van der Waals surface area (Å²) in [5.74, 6) is 1.68. The first kappa shape index (κ1) is 20.5. The van der Waals surface area contributed by atoms with E-state index in [0.29, 0.717) is 42.9 Å². The number of hydrogen-bond donors (Lipinski definition) is 2. The average molecular weight is 389 g/mol. The number of fused-ring (bicyclic) bond motifs is 1. The van der Waals surface area contributed by atoms with Crippen molar-refractivity contribution in [2.45, 2.75) is 45.6 Å². The van der Waals surface area contributed by atoms with Crippen LogP contribution >= 0.6 is 0 Å². The predicted molar refractivity (Wildman–Crippen MR) is 108 cm³/mol. The minimum Gasteiger partial charge on any atom is -0.486 e. The molecule has 0 saturated heterocycles. The first-order valence-corrected chi connectivity index (χ1v) is 10.3. The van der Waals surface area contributed by atoms with Gasteiger partial charge in [0.25, 0.3) is 0 Å². The minimum atomic E-state index is -0.155. The van der Waals surface area contributed by atoms with Crippen LogP contribution in [0, 0.1) is 5.92 Å². The van der Waals surface area contributed by atoms with Crippen molar-refractivity contribution in [1.29, 1.82) is 0 Å². The minimum absolute atomic E-state index is 0.00673. The number of amides is 2. The normalized spacial score (nSPS) is 21.2. The van der Waals surface area contributed by atoms with E-state index in [-0.39, 0.29) is 30.9 Å². The fourth-order valence-corrected chi connectivity index (χ4v) is 3.79. The highest BCUT2D eigenvalue weighted by Gasteiger charge is 2.23.